The molecular formula is C24H28N4O7. The molecule has 0 radical (unpaired) electrons. The first-order valence-electron chi connectivity index (χ1n) is 10.8. The van der Waals surface area contributed by atoms with Crippen LogP contribution in [-0.2, 0) is 36.8 Å². The van der Waals surface area contributed by atoms with Gasteiger partial charge in [-0.05, 0) is 17.5 Å². The molecule has 11 nitrogen and oxygen atoms in total. The van der Waals surface area contributed by atoms with E-state index in [-0.39, 0.29) is 12.8 Å². The highest BCUT2D eigenvalue weighted by Crippen LogP contribution is 2.05. The molecule has 0 aliphatic heterocycles. The minimum absolute atomic E-state index is 0.0367. The average Bonchev–Trinajstić information content (AvgIpc) is 2.82. The Morgan fingerprint density at radius 2 is 1.29 bits per heavy atom. The van der Waals surface area contributed by atoms with Crippen LogP contribution in [0.5, 0.6) is 0 Å². The van der Waals surface area contributed by atoms with Crippen molar-refractivity contribution in [2.24, 2.45) is 5.73 Å². The summed E-state index contributed by atoms with van der Waals surface area (Å²) in [5, 5.41) is 25.4. The van der Waals surface area contributed by atoms with Crippen LogP contribution in [0.2, 0.25) is 0 Å². The van der Waals surface area contributed by atoms with E-state index in [2.05, 4.69) is 16.0 Å². The molecular weight excluding hydrogens is 456 g/mol. The quantitative estimate of drug-likeness (QED) is 0.218. The van der Waals surface area contributed by atoms with Crippen LogP contribution in [0.3, 0.4) is 0 Å². The Morgan fingerprint density at radius 3 is 1.80 bits per heavy atom. The third kappa shape index (κ3) is 9.64. The van der Waals surface area contributed by atoms with E-state index in [1.165, 1.54) is 0 Å². The molecule has 0 spiro atoms. The van der Waals surface area contributed by atoms with E-state index in [1.807, 2.05) is 6.07 Å². The van der Waals surface area contributed by atoms with Gasteiger partial charge in [0.15, 0.2) is 0 Å². The molecule has 0 aromatic heterocycles. The van der Waals surface area contributed by atoms with E-state index in [0.29, 0.717) is 5.56 Å². The lowest BCUT2D eigenvalue weighted by atomic mass is 10.1. The van der Waals surface area contributed by atoms with Gasteiger partial charge in [-0.3, -0.25) is 19.2 Å². The third-order valence-electron chi connectivity index (χ3n) is 4.99. The number of carboxylic acid groups (broad SMARTS) is 2. The van der Waals surface area contributed by atoms with Crippen molar-refractivity contribution < 1.29 is 34.2 Å². The van der Waals surface area contributed by atoms with Gasteiger partial charge in [0, 0.05) is 6.42 Å². The van der Waals surface area contributed by atoms with E-state index in [9.17, 15) is 29.1 Å². The van der Waals surface area contributed by atoms with Gasteiger partial charge in [0.2, 0.25) is 17.7 Å². The van der Waals surface area contributed by atoms with Gasteiger partial charge < -0.3 is 31.9 Å². The molecule has 186 valence electrons. The molecule has 0 saturated heterocycles. The first-order chi connectivity index (χ1) is 16.7. The van der Waals surface area contributed by atoms with Crippen LogP contribution >= 0.6 is 0 Å². The maximum atomic E-state index is 12.6. The fraction of sp³-hybridized carbons (Fsp3) is 0.292. The van der Waals surface area contributed by atoms with Crippen molar-refractivity contribution in [2.75, 3.05) is 6.54 Å². The van der Waals surface area contributed by atoms with Gasteiger partial charge in [0.1, 0.15) is 12.1 Å². The van der Waals surface area contributed by atoms with Crippen molar-refractivity contribution in [2.45, 2.75) is 37.4 Å². The zero-order valence-corrected chi connectivity index (χ0v) is 18.8. The van der Waals surface area contributed by atoms with Gasteiger partial charge in [-0.2, -0.15) is 0 Å². The molecule has 0 aliphatic carbocycles. The second-order valence-corrected chi connectivity index (χ2v) is 7.82. The fourth-order valence-electron chi connectivity index (χ4n) is 3.21. The molecule has 11 heteroatoms. The predicted molar refractivity (Wildman–Crippen MR) is 125 cm³/mol. The van der Waals surface area contributed by atoms with E-state index < -0.39 is 60.8 Å². The Labute approximate surface area is 201 Å². The minimum atomic E-state index is -1.55. The van der Waals surface area contributed by atoms with Crippen molar-refractivity contribution >= 4 is 29.7 Å². The van der Waals surface area contributed by atoms with Crippen LogP contribution in [0.15, 0.2) is 60.7 Å². The molecule has 2 aromatic carbocycles. The number of aliphatic carboxylic acids is 2. The number of hydrogen-bond donors (Lipinski definition) is 6. The van der Waals surface area contributed by atoms with Crippen molar-refractivity contribution in [3.63, 3.8) is 0 Å². The van der Waals surface area contributed by atoms with Crippen molar-refractivity contribution in [1.82, 2.24) is 16.0 Å². The highest BCUT2D eigenvalue weighted by atomic mass is 16.4. The normalized spacial score (nSPS) is 13.1. The lowest BCUT2D eigenvalue weighted by molar-refractivity contribution is -0.143. The highest BCUT2D eigenvalue weighted by molar-refractivity contribution is 5.94. The van der Waals surface area contributed by atoms with E-state index in [4.69, 9.17) is 10.8 Å². The molecule has 3 atom stereocenters. The van der Waals surface area contributed by atoms with Crippen molar-refractivity contribution in [3.05, 3.63) is 71.8 Å². The standard InChI is InChI=1S/C24H28N4O7/c25-17(11-15-7-3-1-4-8-15)22(32)26-14-20(29)27-18(13-21(30)31)23(33)28-19(24(34)35)12-16-9-5-2-6-10-16/h1-10,17-19H,11-14,25H2,(H,26,32)(H,27,29)(H,28,33)(H,30,31)(H,34,35)/t17-,18-,19-/m0/s1. The smallest absolute Gasteiger partial charge is 0.326 e. The third-order valence-corrected chi connectivity index (χ3v) is 4.99. The van der Waals surface area contributed by atoms with Crippen LogP contribution in [-0.4, -0.2) is 64.5 Å². The second kappa shape index (κ2) is 13.5. The number of carbonyl (C=O) groups is 5. The Morgan fingerprint density at radius 1 is 0.743 bits per heavy atom. The number of carbonyl (C=O) groups excluding carboxylic acids is 3. The lowest BCUT2D eigenvalue weighted by Gasteiger charge is -2.21. The number of carboxylic acids is 2. The summed E-state index contributed by atoms with van der Waals surface area (Å²) in [7, 11) is 0. The van der Waals surface area contributed by atoms with Crippen molar-refractivity contribution in [3.8, 4) is 0 Å². The first kappa shape index (κ1) is 27.0. The average molecular weight is 485 g/mol. The molecule has 2 aromatic rings. The minimum Gasteiger partial charge on any atom is -0.481 e. The van der Waals surface area contributed by atoms with Gasteiger partial charge in [-0.25, -0.2) is 4.79 Å². The molecule has 7 N–H and O–H groups in total. The Kier molecular flexibility index (Phi) is 10.4. The van der Waals surface area contributed by atoms with Crippen LogP contribution in [0.4, 0.5) is 0 Å². The summed E-state index contributed by atoms with van der Waals surface area (Å²) in [6.07, 6.45) is -0.571. The number of nitrogens with two attached hydrogens (primary N) is 1. The predicted octanol–water partition coefficient (Wildman–Crippen LogP) is -0.556. The summed E-state index contributed by atoms with van der Waals surface area (Å²) in [5.41, 5.74) is 7.34. The number of rotatable bonds is 13. The zero-order valence-electron chi connectivity index (χ0n) is 18.8. The Hall–Kier alpha value is -4.25. The van der Waals surface area contributed by atoms with Crippen LogP contribution in [0.1, 0.15) is 17.5 Å². The monoisotopic (exact) mass is 484 g/mol. The van der Waals surface area contributed by atoms with Crippen LogP contribution < -0.4 is 21.7 Å². The van der Waals surface area contributed by atoms with Gasteiger partial charge in [-0.1, -0.05) is 60.7 Å². The van der Waals surface area contributed by atoms with Gasteiger partial charge in [0.05, 0.1) is 19.0 Å². The first-order valence-corrected chi connectivity index (χ1v) is 10.8. The second-order valence-electron chi connectivity index (χ2n) is 7.82. The molecule has 0 heterocycles. The largest absolute Gasteiger partial charge is 0.481 e. The molecule has 3 amide bonds. The van der Waals surface area contributed by atoms with E-state index in [1.54, 1.807) is 54.6 Å². The molecule has 35 heavy (non-hydrogen) atoms. The number of benzene rings is 2. The van der Waals surface area contributed by atoms with Gasteiger partial charge in [-0.15, -0.1) is 0 Å². The summed E-state index contributed by atoms with van der Waals surface area (Å²) in [6, 6.07) is 13.8. The molecule has 2 rings (SSSR count). The molecule has 0 bridgehead atoms. The summed E-state index contributed by atoms with van der Waals surface area (Å²) >= 11 is 0. The lowest BCUT2D eigenvalue weighted by Crippen LogP contribution is -2.54. The SMILES string of the molecule is N[C@@H](Cc1ccccc1)C(=O)NCC(=O)N[C@@H](CC(=O)O)C(=O)N[C@@H](Cc1ccccc1)C(=O)O. The van der Waals surface area contributed by atoms with Gasteiger partial charge in [0.25, 0.3) is 0 Å². The summed E-state index contributed by atoms with van der Waals surface area (Å²) in [5.74, 6) is -5.11. The molecule has 0 saturated carbocycles. The van der Waals surface area contributed by atoms with Gasteiger partial charge >= 0.3 is 11.9 Å². The molecule has 0 unspecified atom stereocenters. The van der Waals surface area contributed by atoms with Crippen LogP contribution in [0, 0.1) is 0 Å². The number of amides is 3. The summed E-state index contributed by atoms with van der Waals surface area (Å²) < 4.78 is 0. The van der Waals surface area contributed by atoms with Crippen LogP contribution in [0.25, 0.3) is 0 Å². The maximum Gasteiger partial charge on any atom is 0.326 e. The highest BCUT2D eigenvalue weighted by Gasteiger charge is 2.28. The number of hydrogen-bond acceptors (Lipinski definition) is 6. The molecule has 0 aliphatic rings. The summed E-state index contributed by atoms with van der Waals surface area (Å²) in [6.45, 7) is -0.545. The number of nitrogens with one attached hydrogen (secondary N) is 3. The zero-order chi connectivity index (χ0) is 25.8. The summed E-state index contributed by atoms with van der Waals surface area (Å²) in [4.78, 5) is 59.9. The fourth-order valence-corrected chi connectivity index (χ4v) is 3.21. The van der Waals surface area contributed by atoms with E-state index >= 15 is 0 Å². The Balaban J connectivity index is 1.93. The van der Waals surface area contributed by atoms with Crippen molar-refractivity contribution in [1.29, 1.82) is 0 Å². The maximum absolute atomic E-state index is 12.6. The Bertz CT molecular complexity index is 1030. The topological polar surface area (TPSA) is 188 Å². The molecule has 0 fully saturated rings. The van der Waals surface area contributed by atoms with E-state index in [0.717, 1.165) is 5.56 Å².